The summed E-state index contributed by atoms with van der Waals surface area (Å²) in [6, 6.07) is 10.6. The number of benzene rings is 2. The van der Waals surface area contributed by atoms with Crippen LogP contribution in [0, 0.1) is 5.82 Å². The van der Waals surface area contributed by atoms with Gasteiger partial charge in [0, 0.05) is 13.1 Å². The van der Waals surface area contributed by atoms with E-state index in [1.807, 2.05) is 38.1 Å². The number of hydrogen-bond donors (Lipinski definition) is 2. The maximum absolute atomic E-state index is 14.0. The molecule has 0 fully saturated rings. The highest BCUT2D eigenvalue weighted by molar-refractivity contribution is 14.0. The highest BCUT2D eigenvalue weighted by Gasteiger charge is 2.07. The van der Waals surface area contributed by atoms with Crippen molar-refractivity contribution in [3.8, 4) is 17.2 Å². The van der Waals surface area contributed by atoms with E-state index in [9.17, 15) is 4.39 Å². The molecule has 0 aromatic heterocycles. The van der Waals surface area contributed by atoms with Crippen molar-refractivity contribution in [2.45, 2.75) is 26.9 Å². The zero-order valence-electron chi connectivity index (χ0n) is 17.3. The van der Waals surface area contributed by atoms with E-state index in [1.165, 1.54) is 6.07 Å². The molecule has 0 bridgehead atoms. The second-order valence-corrected chi connectivity index (χ2v) is 5.94. The predicted molar refractivity (Wildman–Crippen MR) is 124 cm³/mol. The van der Waals surface area contributed by atoms with Gasteiger partial charge in [-0.15, -0.1) is 24.0 Å². The summed E-state index contributed by atoms with van der Waals surface area (Å²) >= 11 is 0. The van der Waals surface area contributed by atoms with Gasteiger partial charge in [-0.2, -0.15) is 0 Å². The fraction of sp³-hybridized carbons (Fsp3) is 0.381. The molecule has 29 heavy (non-hydrogen) atoms. The zero-order chi connectivity index (χ0) is 20.4. The first-order valence-corrected chi connectivity index (χ1v) is 9.25. The summed E-state index contributed by atoms with van der Waals surface area (Å²) in [7, 11) is 3.21. The minimum absolute atomic E-state index is 0. The third-order valence-electron chi connectivity index (χ3n) is 3.97. The number of halogens is 2. The number of hydrogen-bond acceptors (Lipinski definition) is 4. The van der Waals surface area contributed by atoms with Gasteiger partial charge in [0.1, 0.15) is 0 Å². The van der Waals surface area contributed by atoms with Gasteiger partial charge in [-0.25, -0.2) is 9.38 Å². The van der Waals surface area contributed by atoms with E-state index in [0.717, 1.165) is 17.7 Å². The molecule has 0 aliphatic carbocycles. The van der Waals surface area contributed by atoms with Crippen LogP contribution in [0.3, 0.4) is 0 Å². The largest absolute Gasteiger partial charge is 0.493 e. The van der Waals surface area contributed by atoms with E-state index < -0.39 is 0 Å². The molecular weight excluding hydrogens is 488 g/mol. The highest BCUT2D eigenvalue weighted by atomic mass is 127. The Morgan fingerprint density at radius 3 is 2.24 bits per heavy atom. The van der Waals surface area contributed by atoms with Crippen molar-refractivity contribution in [1.82, 2.24) is 10.6 Å². The molecule has 2 aromatic carbocycles. The number of aliphatic imine (C=N–C) groups is 1. The van der Waals surface area contributed by atoms with Gasteiger partial charge in [0.2, 0.25) is 0 Å². The molecule has 2 rings (SSSR count). The number of rotatable bonds is 9. The van der Waals surface area contributed by atoms with Gasteiger partial charge in [-0.3, -0.25) is 0 Å². The van der Waals surface area contributed by atoms with Crippen LogP contribution >= 0.6 is 24.0 Å². The zero-order valence-corrected chi connectivity index (χ0v) is 19.6. The monoisotopic (exact) mass is 517 g/mol. The average molecular weight is 517 g/mol. The van der Waals surface area contributed by atoms with Crippen LogP contribution in [-0.4, -0.2) is 33.3 Å². The number of nitrogens with zero attached hydrogens (tertiary/aromatic N) is 1. The lowest BCUT2D eigenvalue weighted by Crippen LogP contribution is -2.36. The van der Waals surface area contributed by atoms with Crippen molar-refractivity contribution in [3.63, 3.8) is 0 Å². The third-order valence-corrected chi connectivity index (χ3v) is 3.97. The van der Waals surface area contributed by atoms with Gasteiger partial charge in [0.25, 0.3) is 0 Å². The van der Waals surface area contributed by atoms with E-state index in [0.29, 0.717) is 37.2 Å². The molecule has 2 aromatic rings. The molecule has 6 nitrogen and oxygen atoms in total. The Hall–Kier alpha value is -2.23. The van der Waals surface area contributed by atoms with E-state index >= 15 is 0 Å². The summed E-state index contributed by atoms with van der Waals surface area (Å²) in [6.07, 6.45) is 0. The first-order chi connectivity index (χ1) is 13.6. The lowest BCUT2D eigenvalue weighted by molar-refractivity contribution is 0.321. The summed E-state index contributed by atoms with van der Waals surface area (Å²) in [4.78, 5) is 4.52. The van der Waals surface area contributed by atoms with Crippen LogP contribution in [0.2, 0.25) is 0 Å². The molecule has 0 aliphatic rings. The lowest BCUT2D eigenvalue weighted by Gasteiger charge is -2.13. The molecule has 2 N–H and O–H groups in total. The Kier molecular flexibility index (Phi) is 11.2. The molecule has 0 radical (unpaired) electrons. The molecule has 160 valence electrons. The Bertz CT molecular complexity index is 803. The van der Waals surface area contributed by atoms with E-state index in [4.69, 9.17) is 14.2 Å². The lowest BCUT2D eigenvalue weighted by atomic mass is 10.2. The van der Waals surface area contributed by atoms with Gasteiger partial charge in [0.05, 0.1) is 27.4 Å². The van der Waals surface area contributed by atoms with E-state index in [1.54, 1.807) is 20.3 Å². The normalized spacial score (nSPS) is 10.7. The van der Waals surface area contributed by atoms with Crippen molar-refractivity contribution >= 4 is 29.9 Å². The fourth-order valence-corrected chi connectivity index (χ4v) is 2.60. The van der Waals surface area contributed by atoms with Crippen LogP contribution in [0.25, 0.3) is 0 Å². The van der Waals surface area contributed by atoms with Gasteiger partial charge in [0.15, 0.2) is 29.0 Å². The van der Waals surface area contributed by atoms with E-state index in [-0.39, 0.29) is 35.5 Å². The number of guanidine groups is 1. The molecular formula is C21H29FIN3O3. The topological polar surface area (TPSA) is 64.1 Å². The number of nitrogens with one attached hydrogen (secondary N) is 2. The average Bonchev–Trinajstić information content (AvgIpc) is 2.71. The maximum Gasteiger partial charge on any atom is 0.191 e. The minimum atomic E-state index is -0.377. The third kappa shape index (κ3) is 7.60. The van der Waals surface area contributed by atoms with Crippen molar-refractivity contribution in [1.29, 1.82) is 0 Å². The second-order valence-electron chi connectivity index (χ2n) is 5.94. The van der Waals surface area contributed by atoms with Gasteiger partial charge >= 0.3 is 0 Å². The molecule has 0 unspecified atom stereocenters. The summed E-state index contributed by atoms with van der Waals surface area (Å²) < 4.78 is 29.8. The van der Waals surface area contributed by atoms with Gasteiger partial charge < -0.3 is 24.8 Å². The molecule has 0 saturated heterocycles. The molecule has 0 saturated carbocycles. The fourth-order valence-electron chi connectivity index (χ4n) is 2.60. The van der Waals surface area contributed by atoms with Crippen LogP contribution in [-0.2, 0) is 13.1 Å². The predicted octanol–water partition coefficient (Wildman–Crippen LogP) is 4.11. The summed E-state index contributed by atoms with van der Waals surface area (Å²) in [6.45, 7) is 5.87. The number of ether oxygens (including phenoxy) is 3. The summed E-state index contributed by atoms with van der Waals surface area (Å²) in [5.41, 5.74) is 1.79. The molecule has 0 heterocycles. The summed E-state index contributed by atoms with van der Waals surface area (Å²) in [5, 5.41) is 6.45. The van der Waals surface area contributed by atoms with Crippen LogP contribution in [0.4, 0.5) is 4.39 Å². The van der Waals surface area contributed by atoms with Crippen molar-refractivity contribution in [3.05, 3.63) is 53.3 Å². The van der Waals surface area contributed by atoms with Crippen LogP contribution in [0.15, 0.2) is 41.4 Å². The van der Waals surface area contributed by atoms with Crippen molar-refractivity contribution in [2.75, 3.05) is 27.4 Å². The standard InChI is InChI=1S/C21H28FN3O3.HI/c1-5-23-21(24-13-15-7-9-18(28-6-2)17(22)11-15)25-14-16-8-10-19(26-3)20(12-16)27-4;/h7-12H,5-6,13-14H2,1-4H3,(H2,23,24,25);1H. The Balaban J connectivity index is 0.00000420. The van der Waals surface area contributed by atoms with Crippen molar-refractivity contribution < 1.29 is 18.6 Å². The van der Waals surface area contributed by atoms with Crippen LogP contribution in [0.5, 0.6) is 17.2 Å². The molecule has 0 aliphatic heterocycles. The molecule has 8 heteroatoms. The number of methoxy groups -OCH3 is 2. The van der Waals surface area contributed by atoms with Crippen LogP contribution in [0.1, 0.15) is 25.0 Å². The first kappa shape index (κ1) is 24.8. The Labute approximate surface area is 188 Å². The smallest absolute Gasteiger partial charge is 0.191 e. The Morgan fingerprint density at radius 2 is 1.62 bits per heavy atom. The molecule has 0 atom stereocenters. The quantitative estimate of drug-likeness (QED) is 0.298. The maximum atomic E-state index is 14.0. The SMILES string of the molecule is CCNC(=NCc1ccc(OCC)c(F)c1)NCc1ccc(OC)c(OC)c1.I. The Morgan fingerprint density at radius 1 is 0.931 bits per heavy atom. The summed E-state index contributed by atoms with van der Waals surface area (Å²) in [5.74, 6) is 1.89. The highest BCUT2D eigenvalue weighted by Crippen LogP contribution is 2.27. The first-order valence-electron chi connectivity index (χ1n) is 9.25. The van der Waals surface area contributed by atoms with Gasteiger partial charge in [-0.05, 0) is 49.2 Å². The van der Waals surface area contributed by atoms with E-state index in [2.05, 4.69) is 15.6 Å². The second kappa shape index (κ2) is 13.1. The van der Waals surface area contributed by atoms with Gasteiger partial charge in [-0.1, -0.05) is 12.1 Å². The van der Waals surface area contributed by atoms with Crippen molar-refractivity contribution in [2.24, 2.45) is 4.99 Å². The molecule has 0 amide bonds. The molecule has 0 spiro atoms. The van der Waals surface area contributed by atoms with Crippen LogP contribution < -0.4 is 24.8 Å². The minimum Gasteiger partial charge on any atom is -0.493 e.